The third-order valence-corrected chi connectivity index (χ3v) is 3.57. The van der Waals surface area contributed by atoms with Crippen molar-refractivity contribution in [3.05, 3.63) is 53.7 Å². The lowest BCUT2D eigenvalue weighted by Gasteiger charge is -2.16. The van der Waals surface area contributed by atoms with Gasteiger partial charge in [0.15, 0.2) is 0 Å². The maximum atomic E-state index is 4.42. The van der Waals surface area contributed by atoms with Gasteiger partial charge in [0.2, 0.25) is 0 Å². The number of pyridine rings is 1. The van der Waals surface area contributed by atoms with E-state index in [1.165, 1.54) is 11.1 Å². The van der Waals surface area contributed by atoms with Crippen LogP contribution in [0.5, 0.6) is 0 Å². The standard InChI is InChI=1S/C18H25N3/c1-14-6-5-7-16(12-14)9-8-15(2)20-17-10-11-18(19-13-17)21(3)4/h5-7,10-13,15,20H,8-9H2,1-4H3. The van der Waals surface area contributed by atoms with Crippen molar-refractivity contribution >= 4 is 11.5 Å². The van der Waals surface area contributed by atoms with Crippen LogP contribution in [0.2, 0.25) is 0 Å². The van der Waals surface area contributed by atoms with Gasteiger partial charge in [0, 0.05) is 20.1 Å². The smallest absolute Gasteiger partial charge is 0.128 e. The van der Waals surface area contributed by atoms with Crippen molar-refractivity contribution in [1.29, 1.82) is 0 Å². The molecule has 0 spiro atoms. The predicted molar refractivity (Wildman–Crippen MR) is 91.1 cm³/mol. The highest BCUT2D eigenvalue weighted by Crippen LogP contribution is 2.15. The fourth-order valence-corrected chi connectivity index (χ4v) is 2.34. The lowest BCUT2D eigenvalue weighted by molar-refractivity contribution is 0.705. The molecule has 0 amide bonds. The van der Waals surface area contributed by atoms with Crippen LogP contribution in [-0.2, 0) is 6.42 Å². The third-order valence-electron chi connectivity index (χ3n) is 3.57. The molecule has 0 saturated heterocycles. The molecular weight excluding hydrogens is 258 g/mol. The molecule has 0 aliphatic rings. The van der Waals surface area contributed by atoms with Crippen LogP contribution in [0.15, 0.2) is 42.6 Å². The zero-order valence-corrected chi connectivity index (χ0v) is 13.4. The fourth-order valence-electron chi connectivity index (χ4n) is 2.34. The summed E-state index contributed by atoms with van der Waals surface area (Å²) in [5, 5.41) is 3.51. The zero-order chi connectivity index (χ0) is 15.2. The highest BCUT2D eigenvalue weighted by molar-refractivity contribution is 5.48. The van der Waals surface area contributed by atoms with Crippen LogP contribution < -0.4 is 10.2 Å². The van der Waals surface area contributed by atoms with Crippen LogP contribution in [0, 0.1) is 6.92 Å². The van der Waals surface area contributed by atoms with Crippen LogP contribution in [0.1, 0.15) is 24.5 Å². The number of benzene rings is 1. The Morgan fingerprint density at radius 2 is 2.00 bits per heavy atom. The monoisotopic (exact) mass is 283 g/mol. The second-order valence-corrected chi connectivity index (χ2v) is 5.87. The predicted octanol–water partition coefficient (Wildman–Crippen LogP) is 3.89. The molecule has 1 unspecified atom stereocenters. The van der Waals surface area contributed by atoms with Gasteiger partial charge in [-0.3, -0.25) is 0 Å². The Hall–Kier alpha value is -2.03. The molecule has 0 bridgehead atoms. The van der Waals surface area contributed by atoms with Crippen LogP contribution in [0.3, 0.4) is 0 Å². The molecular formula is C18H25N3. The minimum absolute atomic E-state index is 0.428. The van der Waals surface area contributed by atoms with Gasteiger partial charge in [-0.15, -0.1) is 0 Å². The van der Waals surface area contributed by atoms with E-state index in [-0.39, 0.29) is 0 Å². The largest absolute Gasteiger partial charge is 0.381 e. The first-order valence-electron chi connectivity index (χ1n) is 7.50. The minimum Gasteiger partial charge on any atom is -0.381 e. The van der Waals surface area contributed by atoms with Crippen molar-refractivity contribution in [2.75, 3.05) is 24.3 Å². The van der Waals surface area contributed by atoms with E-state index in [2.05, 4.69) is 54.5 Å². The van der Waals surface area contributed by atoms with E-state index in [0.717, 1.165) is 24.3 Å². The summed E-state index contributed by atoms with van der Waals surface area (Å²) in [5.41, 5.74) is 3.82. The molecule has 0 fully saturated rings. The molecule has 0 aliphatic carbocycles. The fraction of sp³-hybridized carbons (Fsp3) is 0.389. The second kappa shape index (κ2) is 7.11. The van der Waals surface area contributed by atoms with Crippen LogP contribution >= 0.6 is 0 Å². The quantitative estimate of drug-likeness (QED) is 0.871. The summed E-state index contributed by atoms with van der Waals surface area (Å²) in [5.74, 6) is 0.980. The van der Waals surface area contributed by atoms with E-state index in [1.54, 1.807) is 0 Å². The van der Waals surface area contributed by atoms with Crippen LogP contribution in [0.25, 0.3) is 0 Å². The Labute approximate surface area is 128 Å². The zero-order valence-electron chi connectivity index (χ0n) is 13.4. The van der Waals surface area contributed by atoms with Gasteiger partial charge in [-0.1, -0.05) is 29.8 Å². The van der Waals surface area contributed by atoms with Crippen LogP contribution in [-0.4, -0.2) is 25.1 Å². The number of anilines is 2. The minimum atomic E-state index is 0.428. The van der Waals surface area contributed by atoms with Gasteiger partial charge in [0.1, 0.15) is 5.82 Å². The molecule has 112 valence electrons. The molecule has 1 N–H and O–H groups in total. The van der Waals surface area contributed by atoms with E-state index in [9.17, 15) is 0 Å². The van der Waals surface area contributed by atoms with Gasteiger partial charge in [-0.25, -0.2) is 4.98 Å². The van der Waals surface area contributed by atoms with Crippen LogP contribution in [0.4, 0.5) is 11.5 Å². The second-order valence-electron chi connectivity index (χ2n) is 5.87. The molecule has 2 rings (SSSR count). The number of aromatic nitrogens is 1. The normalized spacial score (nSPS) is 12.0. The number of hydrogen-bond donors (Lipinski definition) is 1. The molecule has 2 aromatic rings. The molecule has 1 atom stereocenters. The molecule has 1 aromatic carbocycles. The van der Waals surface area contributed by atoms with Gasteiger partial charge in [-0.05, 0) is 44.4 Å². The van der Waals surface area contributed by atoms with Crippen molar-refractivity contribution in [2.24, 2.45) is 0 Å². The van der Waals surface area contributed by atoms with Crippen molar-refractivity contribution in [3.8, 4) is 0 Å². The molecule has 0 radical (unpaired) electrons. The summed E-state index contributed by atoms with van der Waals surface area (Å²) in [4.78, 5) is 6.43. The lowest BCUT2D eigenvalue weighted by atomic mass is 10.0. The Kier molecular flexibility index (Phi) is 5.20. The number of aryl methyl sites for hydroxylation is 2. The molecule has 1 aromatic heterocycles. The van der Waals surface area contributed by atoms with E-state index >= 15 is 0 Å². The van der Waals surface area contributed by atoms with E-state index in [4.69, 9.17) is 0 Å². The average molecular weight is 283 g/mol. The maximum absolute atomic E-state index is 4.42. The topological polar surface area (TPSA) is 28.2 Å². The molecule has 1 heterocycles. The first-order valence-corrected chi connectivity index (χ1v) is 7.50. The highest BCUT2D eigenvalue weighted by Gasteiger charge is 2.04. The van der Waals surface area contributed by atoms with E-state index in [0.29, 0.717) is 6.04 Å². The first kappa shape index (κ1) is 15.4. The molecule has 3 nitrogen and oxygen atoms in total. The van der Waals surface area contributed by atoms with E-state index < -0.39 is 0 Å². The average Bonchev–Trinajstić information content (AvgIpc) is 2.46. The van der Waals surface area contributed by atoms with Gasteiger partial charge in [-0.2, -0.15) is 0 Å². The summed E-state index contributed by atoms with van der Waals surface area (Å²) in [6.45, 7) is 4.36. The number of hydrogen-bond acceptors (Lipinski definition) is 3. The summed E-state index contributed by atoms with van der Waals surface area (Å²) >= 11 is 0. The van der Waals surface area contributed by atoms with Crippen molar-refractivity contribution in [3.63, 3.8) is 0 Å². The summed E-state index contributed by atoms with van der Waals surface area (Å²) in [7, 11) is 4.00. The van der Waals surface area contributed by atoms with Crippen molar-refractivity contribution in [1.82, 2.24) is 4.98 Å². The summed E-state index contributed by atoms with van der Waals surface area (Å²) < 4.78 is 0. The highest BCUT2D eigenvalue weighted by atomic mass is 15.1. The lowest BCUT2D eigenvalue weighted by Crippen LogP contribution is -2.16. The summed E-state index contributed by atoms with van der Waals surface area (Å²) in [6.07, 6.45) is 4.11. The Balaban J connectivity index is 1.85. The molecule has 0 aliphatic heterocycles. The van der Waals surface area contributed by atoms with Gasteiger partial charge in [0.05, 0.1) is 11.9 Å². The Bertz CT molecular complexity index is 561. The van der Waals surface area contributed by atoms with Gasteiger partial charge < -0.3 is 10.2 Å². The van der Waals surface area contributed by atoms with Crippen molar-refractivity contribution < 1.29 is 0 Å². The molecule has 21 heavy (non-hydrogen) atoms. The number of rotatable bonds is 6. The number of nitrogens with zero attached hydrogens (tertiary/aromatic N) is 2. The van der Waals surface area contributed by atoms with Gasteiger partial charge in [0.25, 0.3) is 0 Å². The van der Waals surface area contributed by atoms with Gasteiger partial charge >= 0.3 is 0 Å². The Morgan fingerprint density at radius 1 is 1.19 bits per heavy atom. The Morgan fingerprint density at radius 3 is 2.62 bits per heavy atom. The van der Waals surface area contributed by atoms with E-state index in [1.807, 2.05) is 31.3 Å². The molecule has 0 saturated carbocycles. The summed E-state index contributed by atoms with van der Waals surface area (Å²) in [6, 6.07) is 13.3. The number of nitrogens with one attached hydrogen (secondary N) is 1. The first-order chi connectivity index (χ1) is 10.0. The molecule has 3 heteroatoms. The van der Waals surface area contributed by atoms with Crippen molar-refractivity contribution in [2.45, 2.75) is 32.7 Å². The maximum Gasteiger partial charge on any atom is 0.128 e. The third kappa shape index (κ3) is 4.78. The SMILES string of the molecule is Cc1cccc(CCC(C)Nc2ccc(N(C)C)nc2)c1.